The first-order valence-electron chi connectivity index (χ1n) is 6.54. The van der Waals surface area contributed by atoms with Crippen LogP contribution in [0.5, 0.6) is 0 Å². The molecule has 0 fully saturated rings. The largest absolute Gasteiger partial charge is 0.481 e. The Morgan fingerprint density at radius 2 is 2.10 bits per heavy atom. The van der Waals surface area contributed by atoms with Crippen molar-refractivity contribution in [1.29, 1.82) is 0 Å². The Kier molecular flexibility index (Phi) is 5.76. The van der Waals surface area contributed by atoms with E-state index in [9.17, 15) is 13.2 Å². The van der Waals surface area contributed by atoms with E-state index in [4.69, 9.17) is 5.11 Å². The molecule has 0 aliphatic carbocycles. The first-order chi connectivity index (χ1) is 9.20. The zero-order valence-corrected chi connectivity index (χ0v) is 12.9. The SMILES string of the molecule is CC(C)C[C@H](CNS(=O)(=O)c1ccn(C)c1)CC(=O)O. The van der Waals surface area contributed by atoms with Crippen LogP contribution in [0, 0.1) is 11.8 Å². The van der Waals surface area contributed by atoms with Crippen molar-refractivity contribution in [2.75, 3.05) is 6.54 Å². The third-order valence-corrected chi connectivity index (χ3v) is 4.35. The quantitative estimate of drug-likeness (QED) is 0.760. The highest BCUT2D eigenvalue weighted by molar-refractivity contribution is 7.89. The third kappa shape index (κ3) is 5.34. The lowest BCUT2D eigenvalue weighted by Gasteiger charge is -2.17. The zero-order valence-electron chi connectivity index (χ0n) is 12.0. The molecule has 0 aliphatic heterocycles. The molecular formula is C13H22N2O4S. The fraction of sp³-hybridized carbons (Fsp3) is 0.615. The van der Waals surface area contributed by atoms with E-state index in [1.54, 1.807) is 17.8 Å². The van der Waals surface area contributed by atoms with E-state index in [0.29, 0.717) is 12.3 Å². The van der Waals surface area contributed by atoms with Gasteiger partial charge in [0.15, 0.2) is 0 Å². The molecule has 1 aromatic heterocycles. The molecule has 0 amide bonds. The number of aryl methyl sites for hydroxylation is 1. The molecule has 0 saturated heterocycles. The van der Waals surface area contributed by atoms with Gasteiger partial charge < -0.3 is 9.67 Å². The van der Waals surface area contributed by atoms with Gasteiger partial charge in [0.2, 0.25) is 10.0 Å². The smallest absolute Gasteiger partial charge is 0.303 e. The van der Waals surface area contributed by atoms with Gasteiger partial charge in [0.25, 0.3) is 0 Å². The van der Waals surface area contributed by atoms with Gasteiger partial charge in [0, 0.05) is 32.4 Å². The molecule has 6 nitrogen and oxygen atoms in total. The van der Waals surface area contributed by atoms with Gasteiger partial charge in [-0.15, -0.1) is 0 Å². The monoisotopic (exact) mass is 302 g/mol. The normalized spacial score (nSPS) is 13.6. The molecule has 0 aromatic carbocycles. The van der Waals surface area contributed by atoms with Crippen molar-refractivity contribution in [2.45, 2.75) is 31.6 Å². The number of hydrogen-bond acceptors (Lipinski definition) is 3. The fourth-order valence-electron chi connectivity index (χ4n) is 2.10. The average Bonchev–Trinajstić information content (AvgIpc) is 2.72. The molecule has 114 valence electrons. The van der Waals surface area contributed by atoms with Crippen LogP contribution in [0.1, 0.15) is 26.7 Å². The van der Waals surface area contributed by atoms with E-state index >= 15 is 0 Å². The standard InChI is InChI=1S/C13H22N2O4S/c1-10(2)6-11(7-13(16)17)8-14-20(18,19)12-4-5-15(3)9-12/h4-5,9-11,14H,6-8H2,1-3H3,(H,16,17)/t11-/m0/s1. The van der Waals surface area contributed by atoms with Gasteiger partial charge >= 0.3 is 5.97 Å². The van der Waals surface area contributed by atoms with Crippen LogP contribution in [-0.2, 0) is 21.9 Å². The number of nitrogens with zero attached hydrogens (tertiary/aromatic N) is 1. The summed E-state index contributed by atoms with van der Waals surface area (Å²) in [6.45, 7) is 4.11. The van der Waals surface area contributed by atoms with Crippen molar-refractivity contribution in [3.05, 3.63) is 18.5 Å². The van der Waals surface area contributed by atoms with Crippen molar-refractivity contribution in [1.82, 2.24) is 9.29 Å². The highest BCUT2D eigenvalue weighted by Gasteiger charge is 2.20. The van der Waals surface area contributed by atoms with Crippen LogP contribution in [0.2, 0.25) is 0 Å². The maximum Gasteiger partial charge on any atom is 0.303 e. The molecule has 1 rings (SSSR count). The minimum Gasteiger partial charge on any atom is -0.481 e. The van der Waals surface area contributed by atoms with Crippen LogP contribution >= 0.6 is 0 Å². The summed E-state index contributed by atoms with van der Waals surface area (Å²) in [6.07, 6.45) is 3.80. The summed E-state index contributed by atoms with van der Waals surface area (Å²) in [5.74, 6) is -0.791. The molecule has 0 aliphatic rings. The number of rotatable bonds is 8. The van der Waals surface area contributed by atoms with Gasteiger partial charge in [-0.25, -0.2) is 13.1 Å². The van der Waals surface area contributed by atoms with E-state index in [1.807, 2.05) is 13.8 Å². The summed E-state index contributed by atoms with van der Waals surface area (Å²) in [4.78, 5) is 11.0. The zero-order chi connectivity index (χ0) is 15.3. The van der Waals surface area contributed by atoms with Gasteiger partial charge in [0.05, 0.1) is 4.90 Å². The number of aliphatic carboxylic acids is 1. The van der Waals surface area contributed by atoms with E-state index < -0.39 is 16.0 Å². The second-order valence-corrected chi connectivity index (χ2v) is 7.22. The molecular weight excluding hydrogens is 280 g/mol. The molecule has 1 aromatic rings. The fourth-order valence-corrected chi connectivity index (χ4v) is 3.27. The number of carbonyl (C=O) groups is 1. The molecule has 0 radical (unpaired) electrons. The van der Waals surface area contributed by atoms with Gasteiger partial charge in [0.1, 0.15) is 0 Å². The lowest BCUT2D eigenvalue weighted by molar-refractivity contribution is -0.138. The predicted molar refractivity (Wildman–Crippen MR) is 75.8 cm³/mol. The minimum absolute atomic E-state index is 0.0323. The maximum absolute atomic E-state index is 12.0. The number of carboxylic acid groups (broad SMARTS) is 1. The van der Waals surface area contributed by atoms with Crippen LogP contribution in [-0.4, -0.2) is 30.6 Å². The Bertz CT molecular complexity index is 548. The van der Waals surface area contributed by atoms with E-state index in [0.717, 1.165) is 0 Å². The average molecular weight is 302 g/mol. The molecule has 0 spiro atoms. The Morgan fingerprint density at radius 3 is 2.55 bits per heavy atom. The van der Waals surface area contributed by atoms with Gasteiger partial charge in [-0.1, -0.05) is 13.8 Å². The first-order valence-corrected chi connectivity index (χ1v) is 8.02. The number of sulfonamides is 1. The summed E-state index contributed by atoms with van der Waals surface area (Å²) >= 11 is 0. The minimum atomic E-state index is -3.57. The topological polar surface area (TPSA) is 88.4 Å². The molecule has 1 heterocycles. The van der Waals surface area contributed by atoms with Crippen LogP contribution in [0.25, 0.3) is 0 Å². The molecule has 2 N–H and O–H groups in total. The molecule has 7 heteroatoms. The second kappa shape index (κ2) is 6.90. The maximum atomic E-state index is 12.0. The number of nitrogens with one attached hydrogen (secondary N) is 1. The molecule has 0 bridgehead atoms. The Balaban J connectivity index is 2.68. The Hall–Kier alpha value is -1.34. The second-order valence-electron chi connectivity index (χ2n) is 5.46. The highest BCUT2D eigenvalue weighted by atomic mass is 32.2. The summed E-state index contributed by atoms with van der Waals surface area (Å²) in [5, 5.41) is 8.87. The van der Waals surface area contributed by atoms with E-state index in [1.165, 1.54) is 12.3 Å². The van der Waals surface area contributed by atoms with Crippen molar-refractivity contribution < 1.29 is 18.3 Å². The summed E-state index contributed by atoms with van der Waals surface area (Å²) in [6, 6.07) is 1.51. The lowest BCUT2D eigenvalue weighted by atomic mass is 9.94. The molecule has 1 atom stereocenters. The Morgan fingerprint density at radius 1 is 1.45 bits per heavy atom. The van der Waals surface area contributed by atoms with Crippen molar-refractivity contribution in [2.24, 2.45) is 18.9 Å². The van der Waals surface area contributed by atoms with Crippen LogP contribution in [0.3, 0.4) is 0 Å². The molecule has 20 heavy (non-hydrogen) atoms. The first kappa shape index (κ1) is 16.7. The van der Waals surface area contributed by atoms with Gasteiger partial charge in [-0.2, -0.15) is 0 Å². The summed E-state index contributed by atoms with van der Waals surface area (Å²) in [7, 11) is -1.83. The summed E-state index contributed by atoms with van der Waals surface area (Å²) in [5.41, 5.74) is 0. The number of aromatic nitrogens is 1. The van der Waals surface area contributed by atoms with Crippen molar-refractivity contribution in [3.8, 4) is 0 Å². The van der Waals surface area contributed by atoms with Crippen LogP contribution in [0.15, 0.2) is 23.4 Å². The number of hydrogen-bond donors (Lipinski definition) is 2. The molecule has 0 saturated carbocycles. The van der Waals surface area contributed by atoms with Gasteiger partial charge in [-0.3, -0.25) is 4.79 Å². The Labute approximate surface area is 119 Å². The third-order valence-electron chi connectivity index (χ3n) is 2.95. The number of carboxylic acids is 1. The van der Waals surface area contributed by atoms with Gasteiger partial charge in [-0.05, 0) is 24.3 Å². The van der Waals surface area contributed by atoms with Crippen molar-refractivity contribution >= 4 is 16.0 Å². The van der Waals surface area contributed by atoms with E-state index in [-0.39, 0.29) is 23.8 Å². The lowest BCUT2D eigenvalue weighted by Crippen LogP contribution is -2.31. The highest BCUT2D eigenvalue weighted by Crippen LogP contribution is 2.16. The molecule has 0 unspecified atom stereocenters. The van der Waals surface area contributed by atoms with E-state index in [2.05, 4.69) is 4.72 Å². The van der Waals surface area contributed by atoms with Crippen molar-refractivity contribution in [3.63, 3.8) is 0 Å². The van der Waals surface area contributed by atoms with Crippen LogP contribution < -0.4 is 4.72 Å². The van der Waals surface area contributed by atoms with Crippen LogP contribution in [0.4, 0.5) is 0 Å². The summed E-state index contributed by atoms with van der Waals surface area (Å²) < 4.78 is 28.2. The predicted octanol–water partition coefficient (Wildman–Crippen LogP) is 1.44.